The molecule has 0 saturated carbocycles. The Balaban J connectivity index is 0. The molecule has 0 unspecified atom stereocenters. The van der Waals surface area contributed by atoms with Crippen molar-refractivity contribution in [2.24, 2.45) is 0 Å². The van der Waals surface area contributed by atoms with E-state index in [1.807, 2.05) is 0 Å². The summed E-state index contributed by atoms with van der Waals surface area (Å²) in [6.07, 6.45) is -2.15. The molecule has 0 atom stereocenters. The Kier molecular flexibility index (Phi) is 11.9. The number of hydrogen-bond donors (Lipinski definition) is 2. The Labute approximate surface area is 108 Å². The van der Waals surface area contributed by atoms with Crippen molar-refractivity contribution in [3.05, 3.63) is 0 Å². The van der Waals surface area contributed by atoms with Gasteiger partial charge in [0.05, 0.1) is 0 Å². The van der Waals surface area contributed by atoms with E-state index in [0.717, 1.165) is 0 Å². The normalized spacial score (nSPS) is 7.88. The molecule has 14 heteroatoms. The number of hydroxylamine groups is 1. The standard InChI is InChI=1S/C2H5NO2.B11/c1-2(4)3-5;1-7-10(6)11(8(2)3)9(4)5/h5H,1H3,(H,3,4);. The van der Waals surface area contributed by atoms with Gasteiger partial charge in [-0.25, -0.2) is 5.48 Å². The number of amides is 1. The van der Waals surface area contributed by atoms with Crippen molar-refractivity contribution in [1.29, 1.82) is 0 Å². The van der Waals surface area contributed by atoms with Gasteiger partial charge in [-0.15, -0.1) is 0 Å². The second-order valence-corrected chi connectivity index (χ2v) is 3.17. The fourth-order valence-corrected chi connectivity index (χ4v) is 0.898. The maximum Gasteiger partial charge on any atom is 0.240 e. The fourth-order valence-electron chi connectivity index (χ4n) is 0.898. The Bertz CT molecular complexity index is 179. The molecule has 0 aromatic rings. The van der Waals surface area contributed by atoms with Crippen LogP contribution in [0.25, 0.3) is 0 Å². The maximum absolute atomic E-state index is 9.45. The van der Waals surface area contributed by atoms with Gasteiger partial charge in [-0.2, -0.15) is 0 Å². The molecule has 0 spiro atoms. The average Bonchev–Trinajstić information content (AvgIpc) is 2.17. The second-order valence-electron chi connectivity index (χ2n) is 3.17. The summed E-state index contributed by atoms with van der Waals surface area (Å²) in [7, 11) is 33.5. The van der Waals surface area contributed by atoms with Crippen molar-refractivity contribution in [1.82, 2.24) is 5.48 Å². The molecule has 0 aliphatic carbocycles. The first kappa shape index (κ1) is 18.5. The van der Waals surface area contributed by atoms with Crippen molar-refractivity contribution >= 4 is 84.9 Å². The van der Waals surface area contributed by atoms with E-state index < -0.39 is 25.1 Å². The molecule has 0 aromatic carbocycles. The summed E-state index contributed by atoms with van der Waals surface area (Å²) >= 11 is 0. The highest BCUT2D eigenvalue weighted by atomic mass is 16.5. The molecule has 0 rings (SSSR count). The average molecular weight is 194 g/mol. The summed E-state index contributed by atoms with van der Waals surface area (Å²) in [5.74, 6) is -0.440. The van der Waals surface area contributed by atoms with Crippen LogP contribution in [-0.2, 0) is 4.79 Å². The van der Waals surface area contributed by atoms with Gasteiger partial charge in [-0.05, 0) is 0 Å². The molecule has 0 fully saturated rings. The maximum atomic E-state index is 9.45. The van der Waals surface area contributed by atoms with Crippen LogP contribution in [0.3, 0.4) is 0 Å². The van der Waals surface area contributed by atoms with Gasteiger partial charge in [-0.1, -0.05) is 0 Å². The molecule has 3 nitrogen and oxygen atoms in total. The van der Waals surface area contributed by atoms with Crippen LogP contribution >= 0.6 is 0 Å². The summed E-state index contributed by atoms with van der Waals surface area (Å²) in [5.41, 5.74) is 1.39. The Hall–Kier alpha value is 0.144. The first-order valence-electron chi connectivity index (χ1n) is 4.51. The Morgan fingerprint density at radius 3 is 1.56 bits per heavy atom. The summed E-state index contributed by atoms with van der Waals surface area (Å²) in [4.78, 5) is 9.45. The van der Waals surface area contributed by atoms with Crippen molar-refractivity contribution in [2.45, 2.75) is 6.92 Å². The van der Waals surface area contributed by atoms with Crippen LogP contribution in [0, 0.1) is 0 Å². The van der Waals surface area contributed by atoms with Crippen LogP contribution in [0.5, 0.6) is 0 Å². The van der Waals surface area contributed by atoms with Crippen molar-refractivity contribution in [2.75, 3.05) is 0 Å². The van der Waals surface area contributed by atoms with Gasteiger partial charge in [0.15, 0.2) is 0 Å². The van der Waals surface area contributed by atoms with Gasteiger partial charge in [0.25, 0.3) is 0 Å². The first-order valence-corrected chi connectivity index (χ1v) is 4.51. The lowest BCUT2D eigenvalue weighted by molar-refractivity contribution is -0.126. The Morgan fingerprint density at radius 1 is 1.19 bits per heavy atom. The van der Waals surface area contributed by atoms with Crippen molar-refractivity contribution < 1.29 is 10.0 Å². The van der Waals surface area contributed by atoms with E-state index in [0.29, 0.717) is 0 Å². The predicted octanol–water partition coefficient (Wildman–Crippen LogP) is -4.68. The van der Waals surface area contributed by atoms with E-state index in [1.165, 1.54) is 19.5 Å². The lowest BCUT2D eigenvalue weighted by Crippen LogP contribution is -2.63. The number of carbonyl (C=O) groups excluding carboxylic acids is 1. The zero-order valence-corrected chi connectivity index (χ0v) is 9.21. The van der Waals surface area contributed by atoms with Crippen LogP contribution in [0.1, 0.15) is 6.92 Å². The first-order chi connectivity index (χ1) is 7.27. The highest BCUT2D eigenvalue weighted by Crippen LogP contribution is 1.88. The minimum Gasteiger partial charge on any atom is -0.289 e. The van der Waals surface area contributed by atoms with Gasteiger partial charge in [0, 0.05) is 85.9 Å². The largest absolute Gasteiger partial charge is 0.289 e. The summed E-state index contributed by atoms with van der Waals surface area (Å²) in [5, 5.41) is 7.54. The van der Waals surface area contributed by atoms with Crippen molar-refractivity contribution in [3.63, 3.8) is 0 Å². The zero-order valence-electron chi connectivity index (χ0n) is 9.21. The van der Waals surface area contributed by atoms with Gasteiger partial charge in [0.1, 0.15) is 0 Å². The second kappa shape index (κ2) is 10.3. The highest BCUT2D eigenvalue weighted by molar-refractivity contribution is 8.01. The molecule has 2 N–H and O–H groups in total. The van der Waals surface area contributed by atoms with Gasteiger partial charge in [-0.3, -0.25) is 10.0 Å². The van der Waals surface area contributed by atoms with Crippen LogP contribution < -0.4 is 5.48 Å². The number of hydrogen-bond acceptors (Lipinski definition) is 2. The number of rotatable bonds is 4. The number of nitrogens with one attached hydrogen (secondary N) is 1. The van der Waals surface area contributed by atoms with E-state index in [-0.39, 0.29) is 6.39 Å². The summed E-state index contributed by atoms with van der Waals surface area (Å²) < 4.78 is 0. The molecule has 1 amide bonds. The van der Waals surface area contributed by atoms with Crippen LogP contribution in [0.4, 0.5) is 0 Å². The van der Waals surface area contributed by atoms with E-state index in [4.69, 9.17) is 51.6 Å². The molecule has 0 aromatic heterocycles. The lowest BCUT2D eigenvalue weighted by atomic mass is 8.56. The van der Waals surface area contributed by atoms with E-state index >= 15 is 0 Å². The van der Waals surface area contributed by atoms with Gasteiger partial charge < -0.3 is 0 Å². The fraction of sp³-hybridized carbons (Fsp3) is 0.500. The molecular formula is C2H5B11NO2. The molecule has 0 saturated heterocycles. The molecule has 0 aliphatic rings. The van der Waals surface area contributed by atoms with E-state index in [9.17, 15) is 4.79 Å². The van der Waals surface area contributed by atoms with Crippen LogP contribution in [0.15, 0.2) is 0 Å². The minimum atomic E-state index is -0.648. The van der Waals surface area contributed by atoms with E-state index in [2.05, 4.69) is 0 Å². The monoisotopic (exact) mass is 196 g/mol. The number of carbonyl (C=O) groups is 1. The highest BCUT2D eigenvalue weighted by Gasteiger charge is 2.26. The molecule has 13 radical (unpaired) electrons. The molecule has 63 valence electrons. The summed E-state index contributed by atoms with van der Waals surface area (Å²) in [6, 6.07) is 0. The molecule has 0 aliphatic heterocycles. The lowest BCUT2D eigenvalue weighted by Gasteiger charge is -2.25. The summed E-state index contributed by atoms with van der Waals surface area (Å²) in [6.45, 7) is 1.22. The van der Waals surface area contributed by atoms with Gasteiger partial charge in [0.2, 0.25) is 5.91 Å². The third-order valence-electron chi connectivity index (χ3n) is 1.71. The van der Waals surface area contributed by atoms with Gasteiger partial charge >= 0.3 is 0 Å². The van der Waals surface area contributed by atoms with Crippen LogP contribution in [0.2, 0.25) is 0 Å². The minimum absolute atomic E-state index is 0.389. The van der Waals surface area contributed by atoms with Crippen molar-refractivity contribution in [3.8, 4) is 0 Å². The molecule has 16 heavy (non-hydrogen) atoms. The quantitative estimate of drug-likeness (QED) is 0.268. The Morgan fingerprint density at radius 2 is 1.50 bits per heavy atom. The zero-order chi connectivity index (χ0) is 13.3. The predicted molar refractivity (Wildman–Crippen MR) is 78.9 cm³/mol. The molecule has 0 bridgehead atoms. The smallest absolute Gasteiger partial charge is 0.240 e. The third kappa shape index (κ3) is 9.38. The topological polar surface area (TPSA) is 49.3 Å². The van der Waals surface area contributed by atoms with E-state index in [1.54, 1.807) is 0 Å². The molecular weight excluding hydrogens is 189 g/mol. The van der Waals surface area contributed by atoms with Crippen LogP contribution in [-0.4, -0.2) is 90.1 Å². The molecule has 0 heterocycles. The SMILES string of the molecule is CC(=O)NO.[B][B]B([B])B(B([B])[B])B([B])[B]. The third-order valence-corrected chi connectivity index (χ3v) is 1.71.